The zero-order chi connectivity index (χ0) is 10.5. The fraction of sp³-hybridized carbons (Fsp3) is 1.00. The standard InChI is InChI=1S/C11H25NO/c1-9(13-6)7-10(8-12-5)11(2,3)4/h9-10,12H,7-8H2,1-6H3. The maximum atomic E-state index is 5.29. The van der Waals surface area contributed by atoms with Crippen LogP contribution in [0.25, 0.3) is 0 Å². The van der Waals surface area contributed by atoms with Crippen LogP contribution in [0.1, 0.15) is 34.1 Å². The zero-order valence-electron chi connectivity index (χ0n) is 9.98. The molecule has 0 fully saturated rings. The molecule has 0 aromatic heterocycles. The van der Waals surface area contributed by atoms with Gasteiger partial charge in [0.1, 0.15) is 0 Å². The molecule has 13 heavy (non-hydrogen) atoms. The van der Waals surface area contributed by atoms with Crippen molar-refractivity contribution in [3.05, 3.63) is 0 Å². The van der Waals surface area contributed by atoms with E-state index in [2.05, 4.69) is 33.0 Å². The summed E-state index contributed by atoms with van der Waals surface area (Å²) in [6, 6.07) is 0. The molecule has 2 unspecified atom stereocenters. The molecule has 0 radical (unpaired) electrons. The number of nitrogens with one attached hydrogen (secondary N) is 1. The van der Waals surface area contributed by atoms with Crippen molar-refractivity contribution >= 4 is 0 Å². The molecule has 2 atom stereocenters. The summed E-state index contributed by atoms with van der Waals surface area (Å²) in [6.07, 6.45) is 1.48. The lowest BCUT2D eigenvalue weighted by Gasteiger charge is -2.32. The Kier molecular flexibility index (Phi) is 5.57. The van der Waals surface area contributed by atoms with Crippen molar-refractivity contribution in [2.75, 3.05) is 20.7 Å². The van der Waals surface area contributed by atoms with Crippen LogP contribution in [0.4, 0.5) is 0 Å². The van der Waals surface area contributed by atoms with Gasteiger partial charge in [-0.25, -0.2) is 0 Å². The highest BCUT2D eigenvalue weighted by molar-refractivity contribution is 4.77. The van der Waals surface area contributed by atoms with Crippen molar-refractivity contribution in [1.29, 1.82) is 0 Å². The summed E-state index contributed by atoms with van der Waals surface area (Å²) in [6.45, 7) is 10.1. The molecule has 0 spiro atoms. The van der Waals surface area contributed by atoms with Crippen molar-refractivity contribution in [2.45, 2.75) is 40.2 Å². The van der Waals surface area contributed by atoms with Gasteiger partial charge in [0.25, 0.3) is 0 Å². The fourth-order valence-corrected chi connectivity index (χ4v) is 1.49. The molecule has 80 valence electrons. The normalized spacial score (nSPS) is 17.1. The summed E-state index contributed by atoms with van der Waals surface area (Å²) in [5, 5.41) is 3.25. The SMILES string of the molecule is CNCC(CC(C)OC)C(C)(C)C. The van der Waals surface area contributed by atoms with Gasteiger partial charge in [0, 0.05) is 7.11 Å². The topological polar surface area (TPSA) is 21.3 Å². The number of hydrogen-bond donors (Lipinski definition) is 1. The molecule has 0 aliphatic rings. The smallest absolute Gasteiger partial charge is 0.0546 e. The molecule has 1 N–H and O–H groups in total. The molecule has 0 rings (SSSR count). The summed E-state index contributed by atoms with van der Waals surface area (Å²) in [5.74, 6) is 0.674. The quantitative estimate of drug-likeness (QED) is 0.713. The van der Waals surface area contributed by atoms with Crippen LogP contribution in [0.3, 0.4) is 0 Å². The van der Waals surface area contributed by atoms with E-state index >= 15 is 0 Å². The predicted octanol–water partition coefficient (Wildman–Crippen LogP) is 2.29. The summed E-state index contributed by atoms with van der Waals surface area (Å²) in [5.41, 5.74) is 0.357. The van der Waals surface area contributed by atoms with E-state index in [-0.39, 0.29) is 0 Å². The van der Waals surface area contributed by atoms with Crippen LogP contribution < -0.4 is 5.32 Å². The van der Waals surface area contributed by atoms with Crippen LogP contribution in [0.2, 0.25) is 0 Å². The lowest BCUT2D eigenvalue weighted by molar-refractivity contribution is 0.0703. The molecule has 0 saturated carbocycles. The third-order valence-corrected chi connectivity index (χ3v) is 2.69. The predicted molar refractivity (Wildman–Crippen MR) is 58.0 cm³/mol. The second kappa shape index (κ2) is 5.61. The average Bonchev–Trinajstić information content (AvgIpc) is 2.01. The third-order valence-electron chi connectivity index (χ3n) is 2.69. The number of rotatable bonds is 5. The summed E-state index contributed by atoms with van der Waals surface area (Å²) < 4.78 is 5.29. The molecule has 0 aromatic rings. The van der Waals surface area contributed by atoms with Crippen molar-refractivity contribution in [3.63, 3.8) is 0 Å². The van der Waals surface area contributed by atoms with E-state index in [0.717, 1.165) is 13.0 Å². The van der Waals surface area contributed by atoms with Gasteiger partial charge in [0.2, 0.25) is 0 Å². The van der Waals surface area contributed by atoms with Crippen LogP contribution in [0.5, 0.6) is 0 Å². The van der Waals surface area contributed by atoms with Gasteiger partial charge < -0.3 is 10.1 Å². The highest BCUT2D eigenvalue weighted by Gasteiger charge is 2.25. The molecule has 2 nitrogen and oxygen atoms in total. The number of hydrogen-bond acceptors (Lipinski definition) is 2. The molecule has 0 bridgehead atoms. The van der Waals surface area contributed by atoms with Gasteiger partial charge >= 0.3 is 0 Å². The van der Waals surface area contributed by atoms with Gasteiger partial charge in [-0.05, 0) is 38.3 Å². The van der Waals surface area contributed by atoms with Gasteiger partial charge in [0.15, 0.2) is 0 Å². The largest absolute Gasteiger partial charge is 0.382 e. The van der Waals surface area contributed by atoms with Gasteiger partial charge in [-0.3, -0.25) is 0 Å². The van der Waals surface area contributed by atoms with E-state index in [1.807, 2.05) is 7.05 Å². The highest BCUT2D eigenvalue weighted by Crippen LogP contribution is 2.29. The minimum atomic E-state index is 0.357. The Morgan fingerprint density at radius 2 is 1.85 bits per heavy atom. The van der Waals surface area contributed by atoms with Crippen molar-refractivity contribution in [1.82, 2.24) is 5.32 Å². The van der Waals surface area contributed by atoms with E-state index in [4.69, 9.17) is 4.74 Å². The number of methoxy groups -OCH3 is 1. The van der Waals surface area contributed by atoms with Crippen molar-refractivity contribution in [2.24, 2.45) is 11.3 Å². The van der Waals surface area contributed by atoms with E-state index < -0.39 is 0 Å². The van der Waals surface area contributed by atoms with Gasteiger partial charge in [-0.1, -0.05) is 20.8 Å². The minimum absolute atomic E-state index is 0.357. The van der Waals surface area contributed by atoms with E-state index in [0.29, 0.717) is 17.4 Å². The Balaban J connectivity index is 4.10. The Morgan fingerprint density at radius 1 is 1.31 bits per heavy atom. The Bertz CT molecular complexity index is 129. The van der Waals surface area contributed by atoms with Crippen molar-refractivity contribution < 1.29 is 4.74 Å². The van der Waals surface area contributed by atoms with Gasteiger partial charge in [0.05, 0.1) is 6.10 Å². The van der Waals surface area contributed by atoms with Crippen LogP contribution in [-0.4, -0.2) is 26.8 Å². The zero-order valence-corrected chi connectivity index (χ0v) is 9.98. The minimum Gasteiger partial charge on any atom is -0.382 e. The second-order valence-corrected chi connectivity index (χ2v) is 4.90. The third kappa shape index (κ3) is 5.27. The Morgan fingerprint density at radius 3 is 2.15 bits per heavy atom. The molecule has 0 saturated heterocycles. The van der Waals surface area contributed by atoms with Gasteiger partial charge in [-0.2, -0.15) is 0 Å². The lowest BCUT2D eigenvalue weighted by Crippen LogP contribution is -2.32. The second-order valence-electron chi connectivity index (χ2n) is 4.90. The first-order valence-electron chi connectivity index (χ1n) is 5.09. The molecule has 0 aliphatic heterocycles. The highest BCUT2D eigenvalue weighted by atomic mass is 16.5. The van der Waals surface area contributed by atoms with E-state index in [9.17, 15) is 0 Å². The first kappa shape index (κ1) is 12.9. The molecule has 2 heteroatoms. The molecule has 0 aliphatic carbocycles. The van der Waals surface area contributed by atoms with Crippen LogP contribution in [0, 0.1) is 11.3 Å². The van der Waals surface area contributed by atoms with E-state index in [1.54, 1.807) is 7.11 Å². The lowest BCUT2D eigenvalue weighted by atomic mass is 9.77. The molecule has 0 heterocycles. The average molecular weight is 187 g/mol. The molecule has 0 amide bonds. The summed E-state index contributed by atoms with van der Waals surface area (Å²) in [7, 11) is 3.79. The van der Waals surface area contributed by atoms with Crippen LogP contribution in [-0.2, 0) is 4.74 Å². The summed E-state index contributed by atoms with van der Waals surface area (Å²) >= 11 is 0. The van der Waals surface area contributed by atoms with Crippen LogP contribution in [0.15, 0.2) is 0 Å². The Labute approximate surface area is 83.1 Å². The molecular formula is C11H25NO. The Hall–Kier alpha value is -0.0800. The maximum absolute atomic E-state index is 5.29. The van der Waals surface area contributed by atoms with E-state index in [1.165, 1.54) is 0 Å². The molecular weight excluding hydrogens is 162 g/mol. The van der Waals surface area contributed by atoms with Gasteiger partial charge in [-0.15, -0.1) is 0 Å². The maximum Gasteiger partial charge on any atom is 0.0546 e. The van der Waals surface area contributed by atoms with Crippen molar-refractivity contribution in [3.8, 4) is 0 Å². The van der Waals surface area contributed by atoms with Crippen LogP contribution >= 0.6 is 0 Å². The number of ether oxygens (including phenoxy) is 1. The fourth-order valence-electron chi connectivity index (χ4n) is 1.49. The first-order valence-corrected chi connectivity index (χ1v) is 5.09. The monoisotopic (exact) mass is 187 g/mol. The molecule has 0 aromatic carbocycles. The summed E-state index contributed by atoms with van der Waals surface area (Å²) in [4.78, 5) is 0. The first-order chi connectivity index (χ1) is 5.91.